The summed E-state index contributed by atoms with van der Waals surface area (Å²) in [6.45, 7) is 4.83. The molecule has 1 atom stereocenters. The molecule has 0 radical (unpaired) electrons. The number of carbonyl (C=O) groups excluding carboxylic acids is 3. The van der Waals surface area contributed by atoms with Crippen molar-refractivity contribution in [2.75, 3.05) is 17.2 Å². The Morgan fingerprint density at radius 1 is 1.00 bits per heavy atom. The van der Waals surface area contributed by atoms with Crippen LogP contribution in [0, 0.1) is 12.8 Å². The number of urea groups is 1. The van der Waals surface area contributed by atoms with Crippen molar-refractivity contribution in [1.29, 1.82) is 0 Å². The fraction of sp³-hybridized carbons (Fsp3) is 0.286. The van der Waals surface area contributed by atoms with Gasteiger partial charge in [-0.2, -0.15) is 0 Å². The third-order valence-corrected chi connectivity index (χ3v) is 4.54. The maximum Gasteiger partial charge on any atom is 0.329 e. The number of ether oxygens (including phenoxy) is 1. The standard InChI is InChI=1S/C21H24ClN3O4/c1-13(2)19(25-21(28)23-15-8-5-4-6-9-15)20(27)29-12-18(26)24-17-11-7-10-16(22)14(17)3/h4-11,13,19H,12H2,1-3H3,(H,24,26)(H2,23,25,28)/t19-/m0/s1. The van der Waals surface area contributed by atoms with Gasteiger partial charge in [0.2, 0.25) is 0 Å². The van der Waals surface area contributed by atoms with Gasteiger partial charge in [0.05, 0.1) is 0 Å². The maximum absolute atomic E-state index is 12.4. The van der Waals surface area contributed by atoms with Crippen molar-refractivity contribution in [3.63, 3.8) is 0 Å². The lowest BCUT2D eigenvalue weighted by Crippen LogP contribution is -2.47. The van der Waals surface area contributed by atoms with Gasteiger partial charge in [0.15, 0.2) is 6.61 Å². The zero-order chi connectivity index (χ0) is 21.4. The summed E-state index contributed by atoms with van der Waals surface area (Å²) >= 11 is 6.02. The minimum Gasteiger partial charge on any atom is -0.454 e. The molecule has 0 aliphatic carbocycles. The van der Waals surface area contributed by atoms with Crippen LogP contribution in [-0.2, 0) is 14.3 Å². The number of carbonyl (C=O) groups is 3. The highest BCUT2D eigenvalue weighted by Gasteiger charge is 2.26. The number of benzene rings is 2. The fourth-order valence-electron chi connectivity index (χ4n) is 2.48. The summed E-state index contributed by atoms with van der Waals surface area (Å²) in [5, 5.41) is 8.39. The quantitative estimate of drug-likeness (QED) is 0.593. The van der Waals surface area contributed by atoms with E-state index < -0.39 is 30.6 Å². The van der Waals surface area contributed by atoms with Gasteiger partial charge < -0.3 is 20.7 Å². The summed E-state index contributed by atoms with van der Waals surface area (Å²) in [5.41, 5.74) is 1.85. The number of esters is 1. The third-order valence-electron chi connectivity index (χ3n) is 4.13. The molecule has 8 heteroatoms. The molecule has 2 rings (SSSR count). The molecule has 0 aromatic heterocycles. The van der Waals surface area contributed by atoms with Crippen LogP contribution in [0.15, 0.2) is 48.5 Å². The van der Waals surface area contributed by atoms with E-state index in [0.717, 1.165) is 0 Å². The van der Waals surface area contributed by atoms with Gasteiger partial charge in [0.1, 0.15) is 6.04 Å². The van der Waals surface area contributed by atoms with E-state index in [4.69, 9.17) is 16.3 Å². The summed E-state index contributed by atoms with van der Waals surface area (Å²) in [6, 6.07) is 12.5. The monoisotopic (exact) mass is 417 g/mol. The minimum atomic E-state index is -0.903. The molecule has 0 saturated heterocycles. The van der Waals surface area contributed by atoms with E-state index in [-0.39, 0.29) is 5.92 Å². The number of nitrogens with one attached hydrogen (secondary N) is 3. The SMILES string of the molecule is Cc1c(Cl)cccc1NC(=O)COC(=O)[C@@H](NC(=O)Nc1ccccc1)C(C)C. The molecular weight excluding hydrogens is 394 g/mol. The topological polar surface area (TPSA) is 96.5 Å². The van der Waals surface area contributed by atoms with E-state index >= 15 is 0 Å². The highest BCUT2D eigenvalue weighted by Crippen LogP contribution is 2.22. The van der Waals surface area contributed by atoms with Crippen LogP contribution in [-0.4, -0.2) is 30.6 Å². The predicted molar refractivity (Wildman–Crippen MR) is 113 cm³/mol. The lowest BCUT2D eigenvalue weighted by Gasteiger charge is -2.21. The molecule has 0 spiro atoms. The molecule has 7 nitrogen and oxygen atoms in total. The van der Waals surface area contributed by atoms with Crippen LogP contribution >= 0.6 is 11.6 Å². The van der Waals surface area contributed by atoms with Gasteiger partial charge in [-0.05, 0) is 42.7 Å². The minimum absolute atomic E-state index is 0.234. The van der Waals surface area contributed by atoms with Gasteiger partial charge in [0.25, 0.3) is 5.91 Å². The van der Waals surface area contributed by atoms with Gasteiger partial charge in [0, 0.05) is 16.4 Å². The molecule has 0 heterocycles. The second-order valence-corrected chi connectivity index (χ2v) is 7.16. The summed E-state index contributed by atoms with van der Waals surface area (Å²) in [6.07, 6.45) is 0. The lowest BCUT2D eigenvalue weighted by atomic mass is 10.1. The first-order chi connectivity index (χ1) is 13.8. The second-order valence-electron chi connectivity index (χ2n) is 6.75. The van der Waals surface area contributed by atoms with Gasteiger partial charge in [-0.3, -0.25) is 4.79 Å². The molecular formula is C21H24ClN3O4. The van der Waals surface area contributed by atoms with Crippen molar-refractivity contribution < 1.29 is 19.1 Å². The van der Waals surface area contributed by atoms with Gasteiger partial charge in [-0.15, -0.1) is 0 Å². The van der Waals surface area contributed by atoms with E-state index in [2.05, 4.69) is 16.0 Å². The molecule has 0 unspecified atom stereocenters. The second kappa shape index (κ2) is 10.5. The number of hydrogen-bond acceptors (Lipinski definition) is 4. The van der Waals surface area contributed by atoms with E-state index in [1.165, 1.54) is 0 Å². The zero-order valence-corrected chi connectivity index (χ0v) is 17.2. The molecule has 2 aromatic rings. The average molecular weight is 418 g/mol. The van der Waals surface area contributed by atoms with Crippen molar-refractivity contribution in [2.45, 2.75) is 26.8 Å². The zero-order valence-electron chi connectivity index (χ0n) is 16.5. The number of rotatable bonds is 7. The Balaban J connectivity index is 1.89. The van der Waals surface area contributed by atoms with Crippen LogP contribution in [0.2, 0.25) is 5.02 Å². The van der Waals surface area contributed by atoms with Crippen LogP contribution in [0.25, 0.3) is 0 Å². The van der Waals surface area contributed by atoms with E-state index in [1.807, 2.05) is 6.07 Å². The molecule has 3 amide bonds. The van der Waals surface area contributed by atoms with Crippen molar-refractivity contribution in [2.24, 2.45) is 5.92 Å². The lowest BCUT2D eigenvalue weighted by molar-refractivity contribution is -0.150. The number of halogens is 1. The van der Waals surface area contributed by atoms with E-state index in [0.29, 0.717) is 22.0 Å². The Hall–Kier alpha value is -3.06. The molecule has 2 aromatic carbocycles. The average Bonchev–Trinajstić information content (AvgIpc) is 2.68. The van der Waals surface area contributed by atoms with Crippen molar-refractivity contribution in [3.8, 4) is 0 Å². The van der Waals surface area contributed by atoms with Crippen molar-refractivity contribution in [3.05, 3.63) is 59.1 Å². The first kappa shape index (κ1) is 22.2. The molecule has 0 bridgehead atoms. The Morgan fingerprint density at radius 3 is 2.34 bits per heavy atom. The maximum atomic E-state index is 12.4. The van der Waals surface area contributed by atoms with Crippen LogP contribution in [0.4, 0.5) is 16.2 Å². The Morgan fingerprint density at radius 2 is 1.69 bits per heavy atom. The summed E-state index contributed by atoms with van der Waals surface area (Å²) in [5.74, 6) is -1.43. The van der Waals surface area contributed by atoms with Gasteiger partial charge >= 0.3 is 12.0 Å². The van der Waals surface area contributed by atoms with E-state index in [9.17, 15) is 14.4 Å². The van der Waals surface area contributed by atoms with E-state index in [1.54, 1.807) is 63.2 Å². The molecule has 0 aliphatic rings. The van der Waals surface area contributed by atoms with Crippen molar-refractivity contribution >= 4 is 40.9 Å². The molecule has 0 aliphatic heterocycles. The van der Waals surface area contributed by atoms with Crippen molar-refractivity contribution in [1.82, 2.24) is 5.32 Å². The molecule has 154 valence electrons. The number of para-hydroxylation sites is 1. The Kier molecular flexibility index (Phi) is 8.03. The Labute approximate surface area is 174 Å². The third kappa shape index (κ3) is 6.80. The fourth-order valence-corrected chi connectivity index (χ4v) is 2.66. The Bertz CT molecular complexity index is 871. The van der Waals surface area contributed by atoms with Crippen LogP contribution in [0.5, 0.6) is 0 Å². The summed E-state index contributed by atoms with van der Waals surface area (Å²) < 4.78 is 5.09. The first-order valence-electron chi connectivity index (χ1n) is 9.12. The molecule has 0 fully saturated rings. The highest BCUT2D eigenvalue weighted by molar-refractivity contribution is 6.31. The molecule has 3 N–H and O–H groups in total. The van der Waals surface area contributed by atoms with Gasteiger partial charge in [-0.1, -0.05) is 49.7 Å². The smallest absolute Gasteiger partial charge is 0.329 e. The molecule has 29 heavy (non-hydrogen) atoms. The van der Waals surface area contributed by atoms with Crippen LogP contribution in [0.3, 0.4) is 0 Å². The summed E-state index contributed by atoms with van der Waals surface area (Å²) in [7, 11) is 0. The largest absolute Gasteiger partial charge is 0.454 e. The highest BCUT2D eigenvalue weighted by atomic mass is 35.5. The number of amides is 3. The number of anilines is 2. The number of hydrogen-bond donors (Lipinski definition) is 3. The predicted octanol–water partition coefficient (Wildman–Crippen LogP) is 3.98. The van der Waals surface area contributed by atoms with Crippen LogP contribution < -0.4 is 16.0 Å². The normalized spacial score (nSPS) is 11.5. The summed E-state index contributed by atoms with van der Waals surface area (Å²) in [4.78, 5) is 36.6. The van der Waals surface area contributed by atoms with Crippen LogP contribution in [0.1, 0.15) is 19.4 Å². The first-order valence-corrected chi connectivity index (χ1v) is 9.50. The molecule has 0 saturated carbocycles. The van der Waals surface area contributed by atoms with Gasteiger partial charge in [-0.25, -0.2) is 9.59 Å².